The Morgan fingerprint density at radius 2 is 2.15 bits per heavy atom. The molecule has 0 fully saturated rings. The van der Waals surface area contributed by atoms with Gasteiger partial charge in [0.15, 0.2) is 11.3 Å². The number of nitro groups is 1. The number of aliphatic hydroxyl groups is 1. The predicted octanol–water partition coefficient (Wildman–Crippen LogP) is 2.06. The molecule has 1 amide bonds. The van der Waals surface area contributed by atoms with Gasteiger partial charge in [-0.1, -0.05) is 5.16 Å². The number of carbonyl (C=O) groups is 1. The van der Waals surface area contributed by atoms with Crippen LogP contribution in [0.25, 0.3) is 5.76 Å². The van der Waals surface area contributed by atoms with Crippen LogP contribution in [0, 0.1) is 28.4 Å². The Kier molecular flexibility index (Phi) is 5.31. The number of aliphatic hydroxyl groups excluding tert-OH is 1. The van der Waals surface area contributed by atoms with E-state index in [4.69, 9.17) is 9.26 Å². The van der Waals surface area contributed by atoms with Crippen LogP contribution in [0.15, 0.2) is 28.4 Å². The molecule has 1 heterocycles. The van der Waals surface area contributed by atoms with Crippen molar-refractivity contribution in [3.63, 3.8) is 0 Å². The zero-order chi connectivity index (χ0) is 20.3. The minimum Gasteiger partial charge on any atom is -0.506 e. The maximum atomic E-state index is 12.6. The lowest BCUT2D eigenvalue weighted by atomic mass is 10.1. The number of benzene rings is 1. The van der Waals surface area contributed by atoms with Gasteiger partial charge in [0.25, 0.3) is 5.91 Å². The van der Waals surface area contributed by atoms with Crippen LogP contribution in [0.1, 0.15) is 11.1 Å². The predicted molar refractivity (Wildman–Crippen MR) is 91.1 cm³/mol. The third-order valence-electron chi connectivity index (χ3n) is 3.64. The smallest absolute Gasteiger partial charge is 0.315 e. The van der Waals surface area contributed by atoms with E-state index in [1.54, 1.807) is 13.0 Å². The summed E-state index contributed by atoms with van der Waals surface area (Å²) in [5.41, 5.74) is -1.20. The van der Waals surface area contributed by atoms with Gasteiger partial charge in [0.05, 0.1) is 18.2 Å². The van der Waals surface area contributed by atoms with Crippen molar-refractivity contribution >= 4 is 23.2 Å². The maximum Gasteiger partial charge on any atom is 0.315 e. The summed E-state index contributed by atoms with van der Waals surface area (Å²) in [6, 6.07) is 3.44. The molecule has 2 N–H and O–H groups in total. The fourth-order valence-electron chi connectivity index (χ4n) is 2.24. The summed E-state index contributed by atoms with van der Waals surface area (Å²) in [5, 5.41) is 44.1. The Morgan fingerprint density at radius 3 is 2.63 bits per heavy atom. The van der Waals surface area contributed by atoms with Crippen LogP contribution >= 0.6 is 0 Å². The summed E-state index contributed by atoms with van der Waals surface area (Å²) in [6.07, 6.45) is 1.36. The number of nitrogens with zero attached hydrogens (tertiary/aromatic N) is 4. The summed E-state index contributed by atoms with van der Waals surface area (Å²) in [6.45, 7) is 1.62. The number of aromatic nitrogens is 1. The molecule has 0 saturated carbocycles. The third kappa shape index (κ3) is 3.49. The van der Waals surface area contributed by atoms with Crippen molar-refractivity contribution in [1.29, 1.82) is 5.26 Å². The van der Waals surface area contributed by atoms with E-state index in [0.29, 0.717) is 5.56 Å². The molecule has 0 saturated heterocycles. The second kappa shape index (κ2) is 7.44. The van der Waals surface area contributed by atoms with E-state index in [2.05, 4.69) is 5.16 Å². The second-order valence-corrected chi connectivity index (χ2v) is 5.32. The molecule has 140 valence electrons. The standard InChI is InChI=1S/C16H14N4O7/c1-8-7-18-27-16(8)19(2)15(23)10(6-17)13(21)9-4-11(20(24)25)14(22)12(5-9)26-3/h4-5,7,21-22H,1-3H3. The van der Waals surface area contributed by atoms with Gasteiger partial charge in [0.2, 0.25) is 11.6 Å². The number of carbonyl (C=O) groups excluding carboxylic acids is 1. The Balaban J connectivity index is 2.59. The molecular formula is C16H14N4O7. The number of hydrogen-bond donors (Lipinski definition) is 2. The number of likely N-dealkylation sites (N-methyl/N-ethyl adjacent to an activating group) is 1. The van der Waals surface area contributed by atoms with Gasteiger partial charge in [-0.2, -0.15) is 5.26 Å². The van der Waals surface area contributed by atoms with Crippen molar-refractivity contribution in [3.8, 4) is 17.6 Å². The Bertz CT molecular complexity index is 987. The number of ether oxygens (including phenoxy) is 1. The number of phenolic OH excluding ortho intramolecular Hbond substituents is 1. The first-order valence-corrected chi connectivity index (χ1v) is 7.31. The van der Waals surface area contributed by atoms with Crippen molar-refractivity contribution in [2.75, 3.05) is 19.1 Å². The first-order valence-electron chi connectivity index (χ1n) is 7.31. The molecule has 0 aliphatic carbocycles. The van der Waals surface area contributed by atoms with E-state index in [1.807, 2.05) is 0 Å². The number of methoxy groups -OCH3 is 1. The zero-order valence-electron chi connectivity index (χ0n) is 14.5. The van der Waals surface area contributed by atoms with Gasteiger partial charge >= 0.3 is 5.69 Å². The van der Waals surface area contributed by atoms with Gasteiger partial charge < -0.3 is 19.5 Å². The summed E-state index contributed by atoms with van der Waals surface area (Å²) in [5.74, 6) is -2.75. The van der Waals surface area contributed by atoms with E-state index < -0.39 is 33.6 Å². The highest BCUT2D eigenvalue weighted by Crippen LogP contribution is 2.39. The zero-order valence-corrected chi connectivity index (χ0v) is 14.5. The van der Waals surface area contributed by atoms with Crippen LogP contribution < -0.4 is 9.64 Å². The van der Waals surface area contributed by atoms with Crippen molar-refractivity contribution in [3.05, 3.63) is 45.1 Å². The summed E-state index contributed by atoms with van der Waals surface area (Å²) >= 11 is 0. The van der Waals surface area contributed by atoms with Gasteiger partial charge in [-0.3, -0.25) is 19.8 Å². The van der Waals surface area contributed by atoms with Gasteiger partial charge in [0, 0.05) is 24.2 Å². The second-order valence-electron chi connectivity index (χ2n) is 5.32. The van der Waals surface area contributed by atoms with Gasteiger partial charge in [-0.05, 0) is 13.0 Å². The lowest BCUT2D eigenvalue weighted by molar-refractivity contribution is -0.386. The Hall–Kier alpha value is -4.07. The summed E-state index contributed by atoms with van der Waals surface area (Å²) < 4.78 is 9.76. The summed E-state index contributed by atoms with van der Waals surface area (Å²) in [4.78, 5) is 23.7. The number of phenols is 1. The molecule has 1 aromatic carbocycles. The van der Waals surface area contributed by atoms with E-state index in [0.717, 1.165) is 24.1 Å². The highest BCUT2D eigenvalue weighted by Gasteiger charge is 2.27. The number of anilines is 1. The molecule has 0 unspecified atom stereocenters. The Labute approximate surface area is 152 Å². The largest absolute Gasteiger partial charge is 0.506 e. The Morgan fingerprint density at radius 1 is 1.48 bits per heavy atom. The fourth-order valence-corrected chi connectivity index (χ4v) is 2.24. The highest BCUT2D eigenvalue weighted by molar-refractivity contribution is 6.11. The van der Waals surface area contributed by atoms with Crippen LogP contribution in [0.3, 0.4) is 0 Å². The monoisotopic (exact) mass is 374 g/mol. The average molecular weight is 374 g/mol. The molecule has 0 aliphatic rings. The number of aromatic hydroxyl groups is 1. The number of rotatable bonds is 5. The molecule has 0 bridgehead atoms. The lowest BCUT2D eigenvalue weighted by Gasteiger charge is -2.14. The van der Waals surface area contributed by atoms with Crippen molar-refractivity contribution in [2.24, 2.45) is 0 Å². The summed E-state index contributed by atoms with van der Waals surface area (Å²) in [7, 11) is 2.46. The molecule has 0 spiro atoms. The van der Waals surface area contributed by atoms with Crippen molar-refractivity contribution in [2.45, 2.75) is 6.92 Å². The number of amides is 1. The number of nitriles is 1. The van der Waals surface area contributed by atoms with E-state index in [-0.39, 0.29) is 17.2 Å². The molecular weight excluding hydrogens is 360 g/mol. The van der Waals surface area contributed by atoms with Crippen molar-refractivity contribution in [1.82, 2.24) is 5.16 Å². The van der Waals surface area contributed by atoms with E-state index in [9.17, 15) is 30.4 Å². The molecule has 11 nitrogen and oxygen atoms in total. The van der Waals surface area contributed by atoms with E-state index >= 15 is 0 Å². The number of aryl methyl sites for hydroxylation is 1. The number of hydrogen-bond acceptors (Lipinski definition) is 9. The third-order valence-corrected chi connectivity index (χ3v) is 3.64. The normalized spacial score (nSPS) is 11.3. The van der Waals surface area contributed by atoms with Gasteiger partial charge in [0.1, 0.15) is 11.8 Å². The number of nitro benzene ring substituents is 1. The first-order chi connectivity index (χ1) is 12.7. The molecule has 2 aromatic rings. The quantitative estimate of drug-likeness (QED) is 0.262. The topological polar surface area (TPSA) is 163 Å². The van der Waals surface area contributed by atoms with Crippen LogP contribution in [0.5, 0.6) is 11.5 Å². The molecule has 0 aliphatic heterocycles. The van der Waals surface area contributed by atoms with Crippen LogP contribution in [-0.2, 0) is 4.79 Å². The van der Waals surface area contributed by atoms with Gasteiger partial charge in [-0.25, -0.2) is 0 Å². The molecule has 0 atom stereocenters. The lowest BCUT2D eigenvalue weighted by Crippen LogP contribution is -2.28. The first kappa shape index (κ1) is 19.3. The van der Waals surface area contributed by atoms with Gasteiger partial charge in [-0.15, -0.1) is 0 Å². The fraction of sp³-hybridized carbons (Fsp3) is 0.188. The SMILES string of the molecule is COc1cc(C(O)=C(C#N)C(=O)N(C)c2oncc2C)cc([N+](=O)[O-])c1O. The highest BCUT2D eigenvalue weighted by atomic mass is 16.6. The average Bonchev–Trinajstić information content (AvgIpc) is 3.07. The van der Waals surface area contributed by atoms with Crippen LogP contribution in [0.4, 0.5) is 11.6 Å². The molecule has 1 aromatic heterocycles. The van der Waals surface area contributed by atoms with E-state index in [1.165, 1.54) is 13.2 Å². The minimum absolute atomic E-state index is 0.0646. The molecule has 2 rings (SSSR count). The maximum absolute atomic E-state index is 12.6. The minimum atomic E-state index is -0.926. The van der Waals surface area contributed by atoms with Crippen molar-refractivity contribution < 1.29 is 29.2 Å². The van der Waals surface area contributed by atoms with Crippen LogP contribution in [-0.4, -0.2) is 40.4 Å². The molecule has 27 heavy (non-hydrogen) atoms. The van der Waals surface area contributed by atoms with Crippen LogP contribution in [0.2, 0.25) is 0 Å². The molecule has 0 radical (unpaired) electrons. The molecule has 11 heteroatoms.